The van der Waals surface area contributed by atoms with Crippen LogP contribution in [0.5, 0.6) is 0 Å². The lowest BCUT2D eigenvalue weighted by Gasteiger charge is -2.19. The molecule has 0 bridgehead atoms. The second-order valence-corrected chi connectivity index (χ2v) is 6.98. The van der Waals surface area contributed by atoms with Gasteiger partial charge in [-0.15, -0.1) is 11.3 Å². The van der Waals surface area contributed by atoms with E-state index in [1.165, 1.54) is 11.3 Å². The van der Waals surface area contributed by atoms with Crippen LogP contribution in [0.4, 0.5) is 0 Å². The van der Waals surface area contributed by atoms with Crippen LogP contribution >= 0.6 is 11.3 Å². The summed E-state index contributed by atoms with van der Waals surface area (Å²) in [5.74, 6) is -0.413. The standard InChI is InChI=1S/C19H23NO3S/c1-14(2)13-16(23-19(22)17-9-6-12-24-17)18(21)20-11-10-15-7-4-3-5-8-15/h3-9,12,14,16H,10-11,13H2,1-2H3,(H,20,21). The van der Waals surface area contributed by atoms with E-state index in [0.29, 0.717) is 17.8 Å². The maximum Gasteiger partial charge on any atom is 0.349 e. The van der Waals surface area contributed by atoms with Crippen LogP contribution in [-0.2, 0) is 16.0 Å². The van der Waals surface area contributed by atoms with Crippen molar-refractivity contribution in [1.82, 2.24) is 5.32 Å². The molecule has 1 aromatic heterocycles. The van der Waals surface area contributed by atoms with Crippen LogP contribution < -0.4 is 5.32 Å². The predicted octanol–water partition coefficient (Wildman–Crippen LogP) is 3.68. The van der Waals surface area contributed by atoms with Crippen LogP contribution in [0.15, 0.2) is 47.8 Å². The van der Waals surface area contributed by atoms with Crippen molar-refractivity contribution in [1.29, 1.82) is 0 Å². The van der Waals surface area contributed by atoms with Crippen LogP contribution in [0.1, 0.15) is 35.5 Å². The molecule has 1 N–H and O–H groups in total. The van der Waals surface area contributed by atoms with Gasteiger partial charge in [-0.25, -0.2) is 4.79 Å². The van der Waals surface area contributed by atoms with Crippen molar-refractivity contribution in [3.8, 4) is 0 Å². The molecule has 0 aliphatic heterocycles. The zero-order chi connectivity index (χ0) is 17.4. The van der Waals surface area contributed by atoms with Gasteiger partial charge in [0, 0.05) is 6.54 Å². The lowest BCUT2D eigenvalue weighted by Crippen LogP contribution is -2.39. The number of carbonyl (C=O) groups is 2. The average Bonchev–Trinajstić information content (AvgIpc) is 3.09. The minimum Gasteiger partial charge on any atom is -0.448 e. The number of hydrogen-bond donors (Lipinski definition) is 1. The van der Waals surface area contributed by atoms with Crippen molar-refractivity contribution >= 4 is 23.2 Å². The van der Waals surface area contributed by atoms with Crippen LogP contribution in [-0.4, -0.2) is 24.5 Å². The maximum atomic E-state index is 12.4. The summed E-state index contributed by atoms with van der Waals surface area (Å²) in [6.45, 7) is 4.53. The molecular weight excluding hydrogens is 322 g/mol. The number of nitrogens with one attached hydrogen (secondary N) is 1. The quantitative estimate of drug-likeness (QED) is 0.743. The lowest BCUT2D eigenvalue weighted by molar-refractivity contribution is -0.130. The SMILES string of the molecule is CC(C)CC(OC(=O)c1cccs1)C(=O)NCCc1ccccc1. The van der Waals surface area contributed by atoms with Crippen molar-refractivity contribution in [3.63, 3.8) is 0 Å². The number of carbonyl (C=O) groups excluding carboxylic acids is 2. The van der Waals surface area contributed by atoms with Gasteiger partial charge in [0.1, 0.15) is 4.88 Å². The van der Waals surface area contributed by atoms with Gasteiger partial charge in [0.25, 0.3) is 5.91 Å². The van der Waals surface area contributed by atoms with E-state index in [9.17, 15) is 9.59 Å². The van der Waals surface area contributed by atoms with Crippen molar-refractivity contribution in [3.05, 3.63) is 58.3 Å². The topological polar surface area (TPSA) is 55.4 Å². The number of rotatable bonds is 8. The third kappa shape index (κ3) is 5.81. The van der Waals surface area contributed by atoms with Gasteiger partial charge in [-0.3, -0.25) is 4.79 Å². The lowest BCUT2D eigenvalue weighted by atomic mass is 10.1. The van der Waals surface area contributed by atoms with E-state index in [1.807, 2.05) is 49.6 Å². The Morgan fingerprint density at radius 2 is 1.88 bits per heavy atom. The molecule has 4 nitrogen and oxygen atoms in total. The Bertz CT molecular complexity index is 638. The Morgan fingerprint density at radius 3 is 2.50 bits per heavy atom. The van der Waals surface area contributed by atoms with Gasteiger partial charge in [0.05, 0.1) is 0 Å². The minimum absolute atomic E-state index is 0.232. The van der Waals surface area contributed by atoms with Crippen molar-refractivity contribution in [2.45, 2.75) is 32.8 Å². The normalized spacial score (nSPS) is 12.0. The maximum absolute atomic E-state index is 12.4. The van der Waals surface area contributed by atoms with Crippen LogP contribution in [0.2, 0.25) is 0 Å². The third-order valence-electron chi connectivity index (χ3n) is 3.51. The van der Waals surface area contributed by atoms with E-state index in [-0.39, 0.29) is 11.8 Å². The van der Waals surface area contributed by atoms with E-state index in [4.69, 9.17) is 4.74 Å². The minimum atomic E-state index is -0.754. The largest absolute Gasteiger partial charge is 0.448 e. The smallest absolute Gasteiger partial charge is 0.349 e. The fraction of sp³-hybridized carbons (Fsp3) is 0.368. The third-order valence-corrected chi connectivity index (χ3v) is 4.36. The first-order valence-electron chi connectivity index (χ1n) is 8.12. The van der Waals surface area contributed by atoms with Gasteiger partial charge in [0.15, 0.2) is 6.10 Å². The van der Waals surface area contributed by atoms with Crippen LogP contribution in [0, 0.1) is 5.92 Å². The van der Waals surface area contributed by atoms with Gasteiger partial charge in [-0.05, 0) is 35.8 Å². The molecule has 0 radical (unpaired) electrons. The fourth-order valence-electron chi connectivity index (χ4n) is 2.31. The summed E-state index contributed by atoms with van der Waals surface area (Å²) < 4.78 is 5.43. The Morgan fingerprint density at radius 1 is 1.12 bits per heavy atom. The highest BCUT2D eigenvalue weighted by Gasteiger charge is 2.24. The molecule has 1 atom stereocenters. The highest BCUT2D eigenvalue weighted by molar-refractivity contribution is 7.11. The first kappa shape index (κ1) is 18.2. The molecule has 1 unspecified atom stereocenters. The summed E-state index contributed by atoms with van der Waals surface area (Å²) in [7, 11) is 0. The number of hydrogen-bond acceptors (Lipinski definition) is 4. The summed E-state index contributed by atoms with van der Waals surface area (Å²) in [5.41, 5.74) is 1.16. The Kier molecular flexibility index (Phi) is 7.00. The van der Waals surface area contributed by atoms with Gasteiger partial charge < -0.3 is 10.1 Å². The average molecular weight is 345 g/mol. The molecule has 5 heteroatoms. The fourth-order valence-corrected chi connectivity index (χ4v) is 2.91. The molecule has 0 saturated carbocycles. The molecule has 0 spiro atoms. The van der Waals surface area contributed by atoms with E-state index < -0.39 is 12.1 Å². The molecule has 0 aliphatic carbocycles. The Hall–Kier alpha value is -2.14. The molecule has 0 fully saturated rings. The summed E-state index contributed by atoms with van der Waals surface area (Å²) in [6.07, 6.45) is 0.504. The van der Waals surface area contributed by atoms with Crippen LogP contribution in [0.25, 0.3) is 0 Å². The second-order valence-electron chi connectivity index (χ2n) is 6.03. The summed E-state index contributed by atoms with van der Waals surface area (Å²) in [4.78, 5) is 25.0. The summed E-state index contributed by atoms with van der Waals surface area (Å²) in [5, 5.41) is 4.69. The van der Waals surface area contributed by atoms with E-state index >= 15 is 0 Å². The molecule has 1 heterocycles. The number of benzene rings is 1. The number of thiophene rings is 1. The summed E-state index contributed by atoms with van der Waals surface area (Å²) in [6, 6.07) is 13.4. The Balaban J connectivity index is 1.88. The zero-order valence-electron chi connectivity index (χ0n) is 14.0. The number of ether oxygens (including phenoxy) is 1. The number of esters is 1. The zero-order valence-corrected chi connectivity index (χ0v) is 14.8. The molecule has 128 valence electrons. The molecular formula is C19H23NO3S. The molecule has 0 aliphatic rings. The summed E-state index contributed by atoms with van der Waals surface area (Å²) >= 11 is 1.31. The van der Waals surface area contributed by atoms with Gasteiger partial charge in [0.2, 0.25) is 0 Å². The van der Waals surface area contributed by atoms with E-state index in [0.717, 1.165) is 12.0 Å². The van der Waals surface area contributed by atoms with Gasteiger partial charge >= 0.3 is 5.97 Å². The monoisotopic (exact) mass is 345 g/mol. The highest BCUT2D eigenvalue weighted by atomic mass is 32.1. The second kappa shape index (κ2) is 9.23. The molecule has 1 aromatic carbocycles. The van der Waals surface area contributed by atoms with Crippen molar-refractivity contribution < 1.29 is 14.3 Å². The highest BCUT2D eigenvalue weighted by Crippen LogP contribution is 2.15. The molecule has 0 saturated heterocycles. The molecule has 24 heavy (non-hydrogen) atoms. The first-order chi connectivity index (χ1) is 11.6. The van der Waals surface area contributed by atoms with E-state index in [1.54, 1.807) is 12.1 Å². The van der Waals surface area contributed by atoms with Gasteiger partial charge in [-0.1, -0.05) is 50.2 Å². The van der Waals surface area contributed by atoms with Crippen molar-refractivity contribution in [2.24, 2.45) is 5.92 Å². The van der Waals surface area contributed by atoms with Crippen molar-refractivity contribution in [2.75, 3.05) is 6.54 Å². The predicted molar refractivity (Wildman–Crippen MR) is 96.1 cm³/mol. The molecule has 2 aromatic rings. The van der Waals surface area contributed by atoms with E-state index in [2.05, 4.69) is 5.32 Å². The Labute approximate surface area is 146 Å². The van der Waals surface area contributed by atoms with Crippen LogP contribution in [0.3, 0.4) is 0 Å². The molecule has 1 amide bonds. The first-order valence-corrected chi connectivity index (χ1v) is 9.00. The number of amides is 1. The van der Waals surface area contributed by atoms with Gasteiger partial charge in [-0.2, -0.15) is 0 Å². The molecule has 2 rings (SSSR count).